The van der Waals surface area contributed by atoms with E-state index < -0.39 is 0 Å². The maximum atomic E-state index is 8.58. The lowest BCUT2D eigenvalue weighted by atomic mass is 11.5. The van der Waals surface area contributed by atoms with Gasteiger partial charge in [-0.3, -0.25) is 19.2 Å². The second-order valence-electron chi connectivity index (χ2n) is 0.544. The Hall–Kier alpha value is -2.16. The molecule has 0 aromatic rings. The topological polar surface area (TPSA) is 204 Å². The molecule has 13 heavy (non-hydrogen) atoms. The maximum Gasteiger partial charge on any atom is 0.204 e. The number of amides is 4. The highest BCUT2D eigenvalue weighted by Gasteiger charge is 1.20. The number of carbonyl (C=O) groups is 4. The van der Waals surface area contributed by atoms with Gasteiger partial charge < -0.3 is 28.4 Å². The van der Waals surface area contributed by atoms with Crippen LogP contribution in [0.3, 0.4) is 0 Å². The van der Waals surface area contributed by atoms with Crippen LogP contribution in [-0.2, 0) is 19.2 Å². The molecular weight excluding hydrogens is 184 g/mol. The summed E-state index contributed by atoms with van der Waals surface area (Å²) in [6.45, 7) is 0. The third kappa shape index (κ3) is 130. The molecule has 9 nitrogen and oxygen atoms in total. The van der Waals surface area contributed by atoms with Crippen molar-refractivity contribution in [2.75, 3.05) is 0 Å². The van der Waals surface area contributed by atoms with Crippen LogP contribution in [0.25, 0.3) is 0 Å². The molecule has 0 saturated carbocycles. The summed E-state index contributed by atoms with van der Waals surface area (Å²) in [5.74, 6) is 0. The van der Waals surface area contributed by atoms with E-state index in [-0.39, 0.29) is 31.1 Å². The summed E-state index contributed by atoms with van der Waals surface area (Å²) in [6.07, 6.45) is 1.00. The van der Waals surface area contributed by atoms with Crippen molar-refractivity contribution in [1.82, 2.24) is 0 Å². The van der Waals surface area contributed by atoms with Crippen LogP contribution in [0.5, 0.6) is 0 Å². The van der Waals surface area contributed by atoms with Crippen LogP contribution in [-0.4, -0.2) is 31.1 Å². The molecular formula is C4H14N4O5. The molecule has 0 aromatic heterocycles. The Morgan fingerprint density at radius 2 is 0.538 bits per heavy atom. The largest absolute Gasteiger partial charge is 0.412 e. The Balaban J connectivity index is -0.0000000213. The summed E-state index contributed by atoms with van der Waals surface area (Å²) in [5, 5.41) is 0. The van der Waals surface area contributed by atoms with E-state index in [0.717, 1.165) is 0 Å². The Bertz CT molecular complexity index is 74.5. The standard InChI is InChI=1S/4CH3NO.H2O/c4*2-1-3;/h4*1H,(H2,2,3);1H2. The van der Waals surface area contributed by atoms with E-state index in [4.69, 9.17) is 19.2 Å². The molecule has 0 aliphatic carbocycles. The first-order chi connectivity index (χ1) is 5.66. The van der Waals surface area contributed by atoms with Gasteiger partial charge in [0.05, 0.1) is 0 Å². The minimum Gasteiger partial charge on any atom is -0.412 e. The van der Waals surface area contributed by atoms with E-state index >= 15 is 0 Å². The molecule has 0 saturated heterocycles. The molecule has 0 radical (unpaired) electrons. The number of hydrogen-bond acceptors (Lipinski definition) is 4. The monoisotopic (exact) mass is 198 g/mol. The van der Waals surface area contributed by atoms with Crippen LogP contribution in [0.1, 0.15) is 0 Å². The predicted molar refractivity (Wildman–Crippen MR) is 44.6 cm³/mol. The summed E-state index contributed by atoms with van der Waals surface area (Å²) >= 11 is 0. The van der Waals surface area contributed by atoms with Crippen LogP contribution in [0.15, 0.2) is 0 Å². The molecule has 0 unspecified atom stereocenters. The molecule has 0 fully saturated rings. The van der Waals surface area contributed by atoms with Gasteiger partial charge in [0.2, 0.25) is 25.6 Å². The van der Waals surface area contributed by atoms with Gasteiger partial charge in [-0.2, -0.15) is 0 Å². The van der Waals surface area contributed by atoms with Crippen molar-refractivity contribution in [3.63, 3.8) is 0 Å². The Morgan fingerprint density at radius 1 is 0.538 bits per heavy atom. The van der Waals surface area contributed by atoms with Crippen molar-refractivity contribution in [2.45, 2.75) is 0 Å². The van der Waals surface area contributed by atoms with Gasteiger partial charge in [-0.15, -0.1) is 0 Å². The molecule has 0 heterocycles. The fraction of sp³-hybridized carbons (Fsp3) is 0. The highest BCUT2D eigenvalue weighted by Crippen LogP contribution is 0.807. The lowest BCUT2D eigenvalue weighted by Crippen LogP contribution is -1.82. The van der Waals surface area contributed by atoms with Crippen molar-refractivity contribution in [1.29, 1.82) is 0 Å². The number of nitrogens with two attached hydrogens (primary N) is 4. The van der Waals surface area contributed by atoms with E-state index in [9.17, 15) is 0 Å². The smallest absolute Gasteiger partial charge is 0.204 e. The van der Waals surface area contributed by atoms with Gasteiger partial charge in [-0.05, 0) is 0 Å². The Labute approximate surface area is 74.3 Å². The first-order valence-electron chi connectivity index (χ1n) is 2.28. The van der Waals surface area contributed by atoms with Crippen LogP contribution < -0.4 is 22.9 Å². The Kier molecular flexibility index (Phi) is 538. The highest BCUT2D eigenvalue weighted by molar-refractivity contribution is 5.42. The fourth-order valence-electron chi connectivity index (χ4n) is 0. The average Bonchev–Trinajstić information content (AvgIpc) is 1.92. The summed E-state index contributed by atoms with van der Waals surface area (Å²) in [7, 11) is 0. The van der Waals surface area contributed by atoms with Gasteiger partial charge in [0, 0.05) is 0 Å². The molecule has 0 aliphatic heterocycles. The summed E-state index contributed by atoms with van der Waals surface area (Å²) in [4.78, 5) is 34.3. The highest BCUT2D eigenvalue weighted by atomic mass is 16.1. The lowest BCUT2D eigenvalue weighted by molar-refractivity contribution is -0.107. The number of hydrogen-bond donors (Lipinski definition) is 4. The van der Waals surface area contributed by atoms with Crippen molar-refractivity contribution in [3.05, 3.63) is 0 Å². The van der Waals surface area contributed by atoms with E-state index in [1.807, 2.05) is 0 Å². The van der Waals surface area contributed by atoms with Crippen molar-refractivity contribution < 1.29 is 24.7 Å². The van der Waals surface area contributed by atoms with E-state index in [0.29, 0.717) is 0 Å². The van der Waals surface area contributed by atoms with Crippen LogP contribution in [0, 0.1) is 0 Å². The quantitative estimate of drug-likeness (QED) is 0.284. The van der Waals surface area contributed by atoms with Gasteiger partial charge in [0.1, 0.15) is 0 Å². The van der Waals surface area contributed by atoms with Crippen molar-refractivity contribution >= 4 is 25.6 Å². The zero-order valence-corrected chi connectivity index (χ0v) is 6.75. The maximum absolute atomic E-state index is 8.58. The van der Waals surface area contributed by atoms with Crippen molar-refractivity contribution in [3.8, 4) is 0 Å². The zero-order chi connectivity index (χ0) is 10.8. The molecule has 80 valence electrons. The number of rotatable bonds is 0. The zero-order valence-electron chi connectivity index (χ0n) is 6.75. The Morgan fingerprint density at radius 3 is 0.538 bits per heavy atom. The predicted octanol–water partition coefficient (Wildman–Crippen LogP) is -4.42. The van der Waals surface area contributed by atoms with Gasteiger partial charge in [-0.1, -0.05) is 0 Å². The molecule has 4 amide bonds. The molecule has 0 bridgehead atoms. The molecule has 10 N–H and O–H groups in total. The summed E-state index contributed by atoms with van der Waals surface area (Å²) in [5.41, 5.74) is 16.7. The number of carbonyl (C=O) groups excluding carboxylic acids is 4. The molecule has 0 atom stereocenters. The van der Waals surface area contributed by atoms with E-state index in [2.05, 4.69) is 22.9 Å². The first-order valence-corrected chi connectivity index (χ1v) is 2.28. The molecule has 0 spiro atoms. The normalized spacial score (nSPS) is 3.69. The first kappa shape index (κ1) is 30.8. The number of primary amides is 4. The second kappa shape index (κ2) is 227. The molecule has 0 aliphatic rings. The SMILES string of the molecule is NC=O.NC=O.NC=O.NC=O.O. The third-order valence-electron chi connectivity index (χ3n) is 0. The van der Waals surface area contributed by atoms with Gasteiger partial charge in [-0.25, -0.2) is 0 Å². The minimum absolute atomic E-state index is 0. The molecule has 0 aromatic carbocycles. The third-order valence-corrected chi connectivity index (χ3v) is 0. The molecule has 9 heteroatoms. The van der Waals surface area contributed by atoms with Gasteiger partial charge >= 0.3 is 0 Å². The van der Waals surface area contributed by atoms with Gasteiger partial charge in [0.15, 0.2) is 0 Å². The minimum atomic E-state index is 0. The van der Waals surface area contributed by atoms with E-state index in [1.54, 1.807) is 0 Å². The van der Waals surface area contributed by atoms with Crippen LogP contribution in [0.2, 0.25) is 0 Å². The van der Waals surface area contributed by atoms with Crippen molar-refractivity contribution in [2.24, 2.45) is 22.9 Å². The van der Waals surface area contributed by atoms with Gasteiger partial charge in [0.25, 0.3) is 0 Å². The van der Waals surface area contributed by atoms with Crippen LogP contribution in [0.4, 0.5) is 0 Å². The summed E-state index contributed by atoms with van der Waals surface area (Å²) < 4.78 is 0. The summed E-state index contributed by atoms with van der Waals surface area (Å²) in [6, 6.07) is 0. The van der Waals surface area contributed by atoms with Crippen LogP contribution >= 0.6 is 0 Å². The average molecular weight is 198 g/mol. The second-order valence-corrected chi connectivity index (χ2v) is 0.544. The van der Waals surface area contributed by atoms with E-state index in [1.165, 1.54) is 0 Å². The fourth-order valence-corrected chi connectivity index (χ4v) is 0. The lowest BCUT2D eigenvalue weighted by Gasteiger charge is -1.32. The molecule has 0 rings (SSSR count).